The van der Waals surface area contributed by atoms with Crippen LogP contribution in [0.15, 0.2) is 66.9 Å². The van der Waals surface area contributed by atoms with Crippen LogP contribution in [0.3, 0.4) is 0 Å². The summed E-state index contributed by atoms with van der Waals surface area (Å²) in [5.74, 6) is 1.75. The lowest BCUT2D eigenvalue weighted by Gasteiger charge is -2.16. The third-order valence-electron chi connectivity index (χ3n) is 4.09. The van der Waals surface area contributed by atoms with Crippen molar-refractivity contribution in [3.63, 3.8) is 0 Å². The number of pyridine rings is 1. The van der Waals surface area contributed by atoms with Gasteiger partial charge in [-0.05, 0) is 36.2 Å². The molecule has 2 aromatic carbocycles. The zero-order chi connectivity index (χ0) is 19.1. The van der Waals surface area contributed by atoms with Gasteiger partial charge in [0, 0.05) is 17.8 Å². The van der Waals surface area contributed by atoms with Crippen molar-refractivity contribution in [2.45, 2.75) is 19.6 Å². The minimum Gasteiger partial charge on any atom is -0.487 e. The smallest absolute Gasteiger partial charge is 0.212 e. The number of hydrogen-bond acceptors (Lipinski definition) is 5. The molecule has 0 spiro atoms. The van der Waals surface area contributed by atoms with Gasteiger partial charge in [-0.2, -0.15) is 0 Å². The third kappa shape index (κ3) is 5.21. The maximum Gasteiger partial charge on any atom is 0.212 e. The molecule has 3 rings (SSSR count). The average molecular weight is 365 g/mol. The number of hydrogen-bond donors (Lipinski definition) is 1. The second kappa shape index (κ2) is 9.05. The van der Waals surface area contributed by atoms with Gasteiger partial charge in [-0.15, -0.1) is 0 Å². The molecule has 0 bridgehead atoms. The summed E-state index contributed by atoms with van der Waals surface area (Å²) in [7, 11) is 1.55. The van der Waals surface area contributed by atoms with Crippen LogP contribution in [0.25, 0.3) is 0 Å². The number of benzene rings is 2. The molecule has 0 saturated carbocycles. The van der Waals surface area contributed by atoms with Crippen LogP contribution in [0.2, 0.25) is 0 Å². The summed E-state index contributed by atoms with van der Waals surface area (Å²) in [5, 5.41) is 10.4. The molecule has 1 heterocycles. The lowest BCUT2D eigenvalue weighted by molar-refractivity contribution is 0.105. The Morgan fingerprint density at radius 2 is 1.78 bits per heavy atom. The van der Waals surface area contributed by atoms with Crippen LogP contribution in [0.1, 0.15) is 22.8 Å². The summed E-state index contributed by atoms with van der Waals surface area (Å²) in [5.41, 5.74) is 2.81. The first-order chi connectivity index (χ1) is 13.2. The van der Waals surface area contributed by atoms with Gasteiger partial charge in [-0.25, -0.2) is 4.98 Å². The minimum atomic E-state index is -0.799. The van der Waals surface area contributed by atoms with Crippen molar-refractivity contribution in [1.29, 1.82) is 0 Å². The number of ether oxygens (including phenoxy) is 3. The maximum absolute atomic E-state index is 10.4. The van der Waals surface area contributed by atoms with E-state index < -0.39 is 6.10 Å². The summed E-state index contributed by atoms with van der Waals surface area (Å²) in [4.78, 5) is 4.10. The largest absolute Gasteiger partial charge is 0.487 e. The van der Waals surface area contributed by atoms with E-state index in [-0.39, 0.29) is 6.61 Å². The zero-order valence-electron chi connectivity index (χ0n) is 15.5. The Balaban J connectivity index is 1.65. The Hall–Kier alpha value is -3.05. The highest BCUT2D eigenvalue weighted by atomic mass is 16.5. The number of aliphatic hydroxyl groups excluding tert-OH is 1. The Labute approximate surface area is 159 Å². The standard InChI is InChI=1S/C22H23NO4/c1-16-8-10-20(21(12-16)26-14-17-6-4-3-5-7-17)27-15-19(24)18-9-11-22(25-2)23-13-18/h3-13,19,24H,14-15H2,1-2H3. The van der Waals surface area contributed by atoms with Crippen molar-refractivity contribution in [1.82, 2.24) is 4.98 Å². The van der Waals surface area contributed by atoms with E-state index in [1.54, 1.807) is 25.4 Å². The van der Waals surface area contributed by atoms with Crippen LogP contribution in [0.4, 0.5) is 0 Å². The van der Waals surface area contributed by atoms with E-state index in [0.29, 0.717) is 29.5 Å². The molecule has 0 amide bonds. The van der Waals surface area contributed by atoms with E-state index in [9.17, 15) is 5.11 Å². The topological polar surface area (TPSA) is 60.8 Å². The van der Waals surface area contributed by atoms with E-state index in [2.05, 4.69) is 4.98 Å². The van der Waals surface area contributed by atoms with Crippen molar-refractivity contribution < 1.29 is 19.3 Å². The van der Waals surface area contributed by atoms with Crippen LogP contribution in [-0.4, -0.2) is 23.8 Å². The van der Waals surface area contributed by atoms with Gasteiger partial charge in [-0.1, -0.05) is 36.4 Å². The van der Waals surface area contributed by atoms with E-state index in [1.807, 2.05) is 55.5 Å². The molecule has 27 heavy (non-hydrogen) atoms. The summed E-state index contributed by atoms with van der Waals surface area (Å²) in [6.07, 6.45) is 0.779. The van der Waals surface area contributed by atoms with Crippen LogP contribution < -0.4 is 14.2 Å². The number of nitrogens with zero attached hydrogens (tertiary/aromatic N) is 1. The SMILES string of the molecule is COc1ccc(C(O)COc2ccc(C)cc2OCc2ccccc2)cn1. The number of aliphatic hydroxyl groups is 1. The molecule has 0 radical (unpaired) electrons. The van der Waals surface area contributed by atoms with Crippen LogP contribution in [-0.2, 0) is 6.61 Å². The molecule has 1 N–H and O–H groups in total. The number of aromatic nitrogens is 1. The molecule has 3 aromatic rings. The monoisotopic (exact) mass is 365 g/mol. The Bertz CT molecular complexity index is 850. The van der Waals surface area contributed by atoms with Crippen LogP contribution in [0, 0.1) is 6.92 Å². The predicted octanol–water partition coefficient (Wildman–Crippen LogP) is 4.09. The van der Waals surface area contributed by atoms with E-state index >= 15 is 0 Å². The molecule has 0 saturated heterocycles. The Kier molecular flexibility index (Phi) is 6.28. The second-order valence-corrected chi connectivity index (χ2v) is 6.19. The molecular formula is C22H23NO4. The lowest BCUT2D eigenvalue weighted by atomic mass is 10.2. The third-order valence-corrected chi connectivity index (χ3v) is 4.09. The number of aryl methyl sites for hydroxylation is 1. The maximum atomic E-state index is 10.4. The number of methoxy groups -OCH3 is 1. The fraction of sp³-hybridized carbons (Fsp3) is 0.227. The number of rotatable bonds is 8. The van der Waals surface area contributed by atoms with Crippen molar-refractivity contribution >= 4 is 0 Å². The van der Waals surface area contributed by atoms with E-state index in [4.69, 9.17) is 14.2 Å². The highest BCUT2D eigenvalue weighted by Gasteiger charge is 2.12. The summed E-state index contributed by atoms with van der Waals surface area (Å²) in [6.45, 7) is 2.54. The van der Waals surface area contributed by atoms with Gasteiger partial charge in [-0.3, -0.25) is 0 Å². The van der Waals surface area contributed by atoms with Gasteiger partial charge in [0.1, 0.15) is 19.3 Å². The predicted molar refractivity (Wildman–Crippen MR) is 103 cm³/mol. The molecule has 140 valence electrons. The van der Waals surface area contributed by atoms with Gasteiger partial charge in [0.2, 0.25) is 5.88 Å². The van der Waals surface area contributed by atoms with E-state index in [0.717, 1.165) is 11.1 Å². The lowest BCUT2D eigenvalue weighted by Crippen LogP contribution is -2.11. The molecule has 5 heteroatoms. The molecule has 0 aliphatic rings. The fourth-order valence-electron chi connectivity index (χ4n) is 2.56. The molecule has 1 unspecified atom stereocenters. The quantitative estimate of drug-likeness (QED) is 0.651. The summed E-state index contributed by atoms with van der Waals surface area (Å²) >= 11 is 0. The summed E-state index contributed by atoms with van der Waals surface area (Å²) < 4.78 is 16.8. The average Bonchev–Trinajstić information content (AvgIpc) is 2.72. The highest BCUT2D eigenvalue weighted by Crippen LogP contribution is 2.30. The first-order valence-electron chi connectivity index (χ1n) is 8.74. The molecular weight excluding hydrogens is 342 g/mol. The van der Waals surface area contributed by atoms with Gasteiger partial charge in [0.25, 0.3) is 0 Å². The highest BCUT2D eigenvalue weighted by molar-refractivity contribution is 5.43. The normalized spacial score (nSPS) is 11.7. The fourth-order valence-corrected chi connectivity index (χ4v) is 2.56. The Morgan fingerprint density at radius 3 is 2.48 bits per heavy atom. The Morgan fingerprint density at radius 1 is 0.963 bits per heavy atom. The molecule has 5 nitrogen and oxygen atoms in total. The summed E-state index contributed by atoms with van der Waals surface area (Å²) in [6, 6.07) is 19.2. The molecule has 0 fully saturated rings. The van der Waals surface area contributed by atoms with Crippen molar-refractivity contribution in [2.75, 3.05) is 13.7 Å². The van der Waals surface area contributed by atoms with Gasteiger partial charge in [0.05, 0.1) is 7.11 Å². The minimum absolute atomic E-state index is 0.0960. The van der Waals surface area contributed by atoms with Gasteiger partial charge in [0.15, 0.2) is 11.5 Å². The van der Waals surface area contributed by atoms with Crippen LogP contribution in [0.5, 0.6) is 17.4 Å². The molecule has 0 aliphatic carbocycles. The first-order valence-corrected chi connectivity index (χ1v) is 8.74. The van der Waals surface area contributed by atoms with Crippen molar-refractivity contribution in [3.8, 4) is 17.4 Å². The molecule has 1 atom stereocenters. The molecule has 0 aliphatic heterocycles. The van der Waals surface area contributed by atoms with Gasteiger partial charge < -0.3 is 19.3 Å². The van der Waals surface area contributed by atoms with Crippen molar-refractivity contribution in [2.24, 2.45) is 0 Å². The first kappa shape index (κ1) is 18.7. The van der Waals surface area contributed by atoms with Gasteiger partial charge >= 0.3 is 0 Å². The second-order valence-electron chi connectivity index (χ2n) is 6.19. The van der Waals surface area contributed by atoms with E-state index in [1.165, 1.54) is 0 Å². The van der Waals surface area contributed by atoms with Crippen molar-refractivity contribution in [3.05, 3.63) is 83.6 Å². The zero-order valence-corrected chi connectivity index (χ0v) is 15.5. The van der Waals surface area contributed by atoms with Crippen LogP contribution >= 0.6 is 0 Å². The molecule has 1 aromatic heterocycles.